The average Bonchev–Trinajstić information content (AvgIpc) is 2.87. The van der Waals surface area contributed by atoms with E-state index in [1.54, 1.807) is 24.3 Å². The molecule has 0 bridgehead atoms. The summed E-state index contributed by atoms with van der Waals surface area (Å²) in [4.78, 5) is 30.7. The van der Waals surface area contributed by atoms with Gasteiger partial charge in [-0.15, -0.1) is 11.3 Å². The third-order valence-electron chi connectivity index (χ3n) is 2.72. The van der Waals surface area contributed by atoms with Crippen LogP contribution in [-0.4, -0.2) is 21.0 Å². The maximum atomic E-state index is 12.0. The van der Waals surface area contributed by atoms with E-state index in [1.807, 2.05) is 0 Å². The third-order valence-corrected chi connectivity index (χ3v) is 4.29. The average molecular weight is 351 g/mol. The summed E-state index contributed by atoms with van der Waals surface area (Å²) in [7, 11) is 0. The second kappa shape index (κ2) is 4.84. The van der Waals surface area contributed by atoms with Gasteiger partial charge in [0, 0.05) is 4.47 Å². The van der Waals surface area contributed by atoms with E-state index in [4.69, 9.17) is 5.11 Å². The number of halogens is 1. The molecule has 0 amide bonds. The Bertz CT molecular complexity index is 885. The lowest BCUT2D eigenvalue weighted by Crippen LogP contribution is -2.08. The van der Waals surface area contributed by atoms with Crippen molar-refractivity contribution in [3.8, 4) is 10.7 Å². The van der Waals surface area contributed by atoms with Crippen LogP contribution in [0.2, 0.25) is 0 Å². The Hall–Kier alpha value is -1.99. The fourth-order valence-electron chi connectivity index (χ4n) is 1.81. The van der Waals surface area contributed by atoms with Crippen LogP contribution in [0.5, 0.6) is 0 Å². The van der Waals surface area contributed by atoms with Crippen LogP contribution in [0.15, 0.2) is 39.6 Å². The zero-order valence-electron chi connectivity index (χ0n) is 9.88. The number of rotatable bonds is 2. The summed E-state index contributed by atoms with van der Waals surface area (Å²) in [5, 5.41) is 9.41. The summed E-state index contributed by atoms with van der Waals surface area (Å²) in [6, 6.07) is 8.34. The molecular formula is C13H7BrN2O3S. The van der Waals surface area contributed by atoms with Gasteiger partial charge in [-0.25, -0.2) is 9.78 Å². The minimum Gasteiger partial charge on any atom is -0.477 e. The lowest BCUT2D eigenvalue weighted by molar-refractivity contribution is 0.0702. The second-order valence-electron chi connectivity index (χ2n) is 4.05. The fourth-order valence-corrected chi connectivity index (χ4v) is 2.95. The number of nitrogens with zero attached hydrogens (tertiary/aromatic N) is 1. The van der Waals surface area contributed by atoms with Crippen molar-refractivity contribution in [1.82, 2.24) is 9.97 Å². The van der Waals surface area contributed by atoms with E-state index in [9.17, 15) is 9.59 Å². The van der Waals surface area contributed by atoms with Crippen LogP contribution in [0, 0.1) is 0 Å². The Morgan fingerprint density at radius 3 is 2.80 bits per heavy atom. The van der Waals surface area contributed by atoms with Crippen LogP contribution < -0.4 is 5.56 Å². The van der Waals surface area contributed by atoms with E-state index in [1.165, 1.54) is 6.07 Å². The molecule has 0 radical (unpaired) electrons. The summed E-state index contributed by atoms with van der Waals surface area (Å²) >= 11 is 4.41. The molecule has 7 heteroatoms. The minimum absolute atomic E-state index is 0.206. The maximum Gasteiger partial charge on any atom is 0.345 e. The number of aromatic amines is 1. The monoisotopic (exact) mass is 350 g/mol. The SMILES string of the molecule is O=C(O)c1ccc(-c2nc3cc(Br)ccc3c(=O)[nH]2)s1. The van der Waals surface area contributed by atoms with Crippen molar-refractivity contribution in [1.29, 1.82) is 0 Å². The molecule has 100 valence electrons. The Kier molecular flexibility index (Phi) is 3.15. The van der Waals surface area contributed by atoms with Crippen molar-refractivity contribution in [3.05, 3.63) is 50.0 Å². The van der Waals surface area contributed by atoms with Crippen molar-refractivity contribution in [2.24, 2.45) is 0 Å². The number of nitrogens with one attached hydrogen (secondary N) is 1. The minimum atomic E-state index is -0.993. The Balaban J connectivity index is 2.20. The van der Waals surface area contributed by atoms with E-state index in [2.05, 4.69) is 25.9 Å². The highest BCUT2D eigenvalue weighted by molar-refractivity contribution is 9.10. The molecule has 0 saturated heterocycles. The number of hydrogen-bond donors (Lipinski definition) is 2. The Labute approximate surface area is 125 Å². The van der Waals surface area contributed by atoms with Crippen LogP contribution in [0.1, 0.15) is 9.67 Å². The number of carboxylic acid groups (broad SMARTS) is 1. The third kappa shape index (κ3) is 2.25. The molecule has 0 aliphatic heterocycles. The van der Waals surface area contributed by atoms with Crippen LogP contribution in [-0.2, 0) is 0 Å². The first kappa shape index (κ1) is 13.0. The number of hydrogen-bond acceptors (Lipinski definition) is 4. The molecule has 0 atom stereocenters. The van der Waals surface area contributed by atoms with Gasteiger partial charge in [-0.2, -0.15) is 0 Å². The van der Waals surface area contributed by atoms with E-state index in [0.29, 0.717) is 21.6 Å². The summed E-state index contributed by atoms with van der Waals surface area (Å²) in [5.74, 6) is -0.620. The molecule has 2 heterocycles. The van der Waals surface area contributed by atoms with Gasteiger partial charge in [-0.1, -0.05) is 15.9 Å². The smallest absolute Gasteiger partial charge is 0.345 e. The summed E-state index contributed by atoms with van der Waals surface area (Å²) < 4.78 is 0.825. The highest BCUT2D eigenvalue weighted by atomic mass is 79.9. The molecule has 3 rings (SSSR count). The van der Waals surface area contributed by atoms with E-state index < -0.39 is 5.97 Å². The largest absolute Gasteiger partial charge is 0.477 e. The van der Waals surface area contributed by atoms with Crippen LogP contribution in [0.25, 0.3) is 21.6 Å². The lowest BCUT2D eigenvalue weighted by Gasteiger charge is -2.01. The predicted molar refractivity (Wildman–Crippen MR) is 80.3 cm³/mol. The van der Waals surface area contributed by atoms with Crippen molar-refractivity contribution >= 4 is 44.1 Å². The van der Waals surface area contributed by atoms with E-state index >= 15 is 0 Å². The number of fused-ring (bicyclic) bond motifs is 1. The zero-order valence-corrected chi connectivity index (χ0v) is 12.3. The molecule has 1 aromatic carbocycles. The predicted octanol–water partition coefficient (Wildman–Crippen LogP) is 3.11. The Morgan fingerprint density at radius 1 is 1.30 bits per heavy atom. The molecular weight excluding hydrogens is 344 g/mol. The molecule has 20 heavy (non-hydrogen) atoms. The topological polar surface area (TPSA) is 83.0 Å². The number of aromatic nitrogens is 2. The molecule has 2 aromatic heterocycles. The molecule has 5 nitrogen and oxygen atoms in total. The van der Waals surface area contributed by atoms with Crippen LogP contribution in [0.3, 0.4) is 0 Å². The highest BCUT2D eigenvalue weighted by Gasteiger charge is 2.11. The second-order valence-corrected chi connectivity index (χ2v) is 6.04. The molecule has 0 spiro atoms. The molecule has 0 fully saturated rings. The number of H-pyrrole nitrogens is 1. The van der Waals surface area contributed by atoms with Gasteiger partial charge in [0.15, 0.2) is 5.82 Å². The molecule has 0 saturated carbocycles. The van der Waals surface area contributed by atoms with Crippen LogP contribution >= 0.6 is 27.3 Å². The quantitative estimate of drug-likeness (QED) is 0.743. The van der Waals surface area contributed by atoms with Gasteiger partial charge in [-0.3, -0.25) is 4.79 Å². The molecule has 2 N–H and O–H groups in total. The van der Waals surface area contributed by atoms with Gasteiger partial charge < -0.3 is 10.1 Å². The van der Waals surface area contributed by atoms with Crippen molar-refractivity contribution in [2.45, 2.75) is 0 Å². The molecule has 0 aliphatic carbocycles. The summed E-state index contributed by atoms with van der Waals surface area (Å²) in [6.45, 7) is 0. The normalized spacial score (nSPS) is 10.8. The first-order valence-corrected chi connectivity index (χ1v) is 7.18. The van der Waals surface area contributed by atoms with Crippen molar-refractivity contribution in [2.75, 3.05) is 0 Å². The molecule has 0 aliphatic rings. The first-order valence-electron chi connectivity index (χ1n) is 5.58. The van der Waals surface area contributed by atoms with E-state index in [0.717, 1.165) is 15.8 Å². The van der Waals surface area contributed by atoms with Gasteiger partial charge >= 0.3 is 5.97 Å². The zero-order chi connectivity index (χ0) is 14.3. The molecule has 3 aromatic rings. The summed E-state index contributed by atoms with van der Waals surface area (Å²) in [5.41, 5.74) is 0.311. The van der Waals surface area contributed by atoms with Gasteiger partial charge in [0.1, 0.15) is 4.88 Å². The van der Waals surface area contributed by atoms with Gasteiger partial charge in [0.2, 0.25) is 0 Å². The van der Waals surface area contributed by atoms with Gasteiger partial charge in [0.25, 0.3) is 5.56 Å². The van der Waals surface area contributed by atoms with Gasteiger partial charge in [0.05, 0.1) is 15.8 Å². The first-order chi connectivity index (χ1) is 9.54. The summed E-state index contributed by atoms with van der Waals surface area (Å²) in [6.07, 6.45) is 0. The Morgan fingerprint density at radius 2 is 2.10 bits per heavy atom. The highest BCUT2D eigenvalue weighted by Crippen LogP contribution is 2.26. The van der Waals surface area contributed by atoms with Crippen molar-refractivity contribution in [3.63, 3.8) is 0 Å². The van der Waals surface area contributed by atoms with Crippen LogP contribution in [0.4, 0.5) is 0 Å². The lowest BCUT2D eigenvalue weighted by atomic mass is 10.2. The van der Waals surface area contributed by atoms with Crippen molar-refractivity contribution < 1.29 is 9.90 Å². The molecule has 0 unspecified atom stereocenters. The number of thiophene rings is 1. The standard InChI is InChI=1S/C13H7BrN2O3S/c14-6-1-2-7-8(5-6)15-11(16-12(7)17)9-3-4-10(20-9)13(18)19/h1-5H,(H,18,19)(H,15,16,17). The fraction of sp³-hybridized carbons (Fsp3) is 0. The number of carboxylic acids is 1. The number of carbonyl (C=O) groups is 1. The number of benzene rings is 1. The number of aromatic carboxylic acids is 1. The maximum absolute atomic E-state index is 12.0. The van der Waals surface area contributed by atoms with E-state index in [-0.39, 0.29) is 10.4 Å². The van der Waals surface area contributed by atoms with Gasteiger partial charge in [-0.05, 0) is 30.3 Å².